The molecule has 5 nitrogen and oxygen atoms in total. The van der Waals surface area contributed by atoms with Gasteiger partial charge >= 0.3 is 0 Å². The van der Waals surface area contributed by atoms with Gasteiger partial charge in [-0.25, -0.2) is 8.42 Å². The van der Waals surface area contributed by atoms with Crippen molar-refractivity contribution in [2.75, 3.05) is 17.1 Å². The summed E-state index contributed by atoms with van der Waals surface area (Å²) in [5, 5.41) is 4.67. The summed E-state index contributed by atoms with van der Waals surface area (Å²) in [6.45, 7) is 7.75. The lowest BCUT2D eigenvalue weighted by Gasteiger charge is -2.25. The predicted octanol–water partition coefficient (Wildman–Crippen LogP) is 4.41. The number of nitrogens with zero attached hydrogens (tertiary/aromatic N) is 1. The second-order valence-electron chi connectivity index (χ2n) is 7.85. The van der Waals surface area contributed by atoms with Gasteiger partial charge in [-0.1, -0.05) is 48.5 Å². The van der Waals surface area contributed by atoms with E-state index in [1.54, 1.807) is 12.1 Å². The predicted molar refractivity (Wildman–Crippen MR) is 123 cm³/mol. The summed E-state index contributed by atoms with van der Waals surface area (Å²) < 4.78 is 26.3. The third-order valence-electron chi connectivity index (χ3n) is 5.45. The number of fused-ring (bicyclic) bond motifs is 1. The SMILES string of the molecule is Cc1cc(C)c([C@H](C)NC(=O)CN(c2cccc3ccccc23)S(C)(=O)=O)cc1C. The van der Waals surface area contributed by atoms with E-state index in [0.29, 0.717) is 5.69 Å². The van der Waals surface area contributed by atoms with Crippen LogP contribution >= 0.6 is 0 Å². The normalized spacial score (nSPS) is 12.6. The molecule has 0 aromatic heterocycles. The highest BCUT2D eigenvalue weighted by Gasteiger charge is 2.23. The van der Waals surface area contributed by atoms with Crippen molar-refractivity contribution >= 4 is 32.4 Å². The van der Waals surface area contributed by atoms with Gasteiger partial charge in [0.25, 0.3) is 0 Å². The molecule has 6 heteroatoms. The summed E-state index contributed by atoms with van der Waals surface area (Å²) >= 11 is 0. The molecule has 3 rings (SSSR count). The minimum Gasteiger partial charge on any atom is -0.348 e. The lowest BCUT2D eigenvalue weighted by Crippen LogP contribution is -2.41. The van der Waals surface area contributed by atoms with E-state index in [4.69, 9.17) is 0 Å². The smallest absolute Gasteiger partial charge is 0.241 e. The molecule has 1 atom stereocenters. The first-order valence-corrected chi connectivity index (χ1v) is 11.8. The molecule has 0 aliphatic carbocycles. The maximum absolute atomic E-state index is 12.8. The number of benzene rings is 3. The van der Waals surface area contributed by atoms with Crippen molar-refractivity contribution in [1.29, 1.82) is 0 Å². The highest BCUT2D eigenvalue weighted by atomic mass is 32.2. The lowest BCUT2D eigenvalue weighted by molar-refractivity contribution is -0.120. The Morgan fingerprint density at radius 2 is 1.60 bits per heavy atom. The summed E-state index contributed by atoms with van der Waals surface area (Å²) in [5.74, 6) is -0.349. The van der Waals surface area contributed by atoms with Crippen molar-refractivity contribution < 1.29 is 13.2 Å². The zero-order valence-corrected chi connectivity index (χ0v) is 18.9. The van der Waals surface area contributed by atoms with E-state index in [1.807, 2.05) is 51.1 Å². The number of hydrogen-bond donors (Lipinski definition) is 1. The third-order valence-corrected chi connectivity index (χ3v) is 6.58. The number of nitrogens with one attached hydrogen (secondary N) is 1. The Morgan fingerprint density at radius 1 is 0.967 bits per heavy atom. The molecule has 0 radical (unpaired) electrons. The maximum Gasteiger partial charge on any atom is 0.241 e. The number of sulfonamides is 1. The van der Waals surface area contributed by atoms with Crippen LogP contribution in [0.25, 0.3) is 10.8 Å². The molecule has 1 amide bonds. The van der Waals surface area contributed by atoms with Crippen molar-refractivity contribution in [2.24, 2.45) is 0 Å². The van der Waals surface area contributed by atoms with Gasteiger partial charge < -0.3 is 5.32 Å². The maximum atomic E-state index is 12.8. The quantitative estimate of drug-likeness (QED) is 0.637. The fraction of sp³-hybridized carbons (Fsp3) is 0.292. The molecule has 0 unspecified atom stereocenters. The summed E-state index contributed by atoms with van der Waals surface area (Å²) in [4.78, 5) is 12.8. The molecule has 30 heavy (non-hydrogen) atoms. The molecule has 158 valence electrons. The minimum absolute atomic E-state index is 0.231. The van der Waals surface area contributed by atoms with Crippen LogP contribution < -0.4 is 9.62 Å². The van der Waals surface area contributed by atoms with Gasteiger partial charge in [0.05, 0.1) is 18.0 Å². The molecule has 0 bridgehead atoms. The van der Waals surface area contributed by atoms with Crippen LogP contribution in [-0.2, 0) is 14.8 Å². The number of aryl methyl sites for hydroxylation is 3. The Bertz CT molecular complexity index is 1200. The monoisotopic (exact) mass is 424 g/mol. The van der Waals surface area contributed by atoms with Gasteiger partial charge in [-0.2, -0.15) is 0 Å². The van der Waals surface area contributed by atoms with E-state index >= 15 is 0 Å². The Labute approximate surface area is 178 Å². The molecule has 3 aromatic rings. The zero-order chi connectivity index (χ0) is 22.1. The van der Waals surface area contributed by atoms with E-state index in [2.05, 4.69) is 24.4 Å². The third kappa shape index (κ3) is 4.65. The summed E-state index contributed by atoms with van der Waals surface area (Å²) in [6, 6.07) is 16.9. The van der Waals surface area contributed by atoms with Gasteiger partial charge in [-0.15, -0.1) is 0 Å². The van der Waals surface area contributed by atoms with Gasteiger partial charge in [-0.05, 0) is 61.4 Å². The zero-order valence-electron chi connectivity index (χ0n) is 18.1. The van der Waals surface area contributed by atoms with Crippen LogP contribution in [-0.4, -0.2) is 27.1 Å². The van der Waals surface area contributed by atoms with Crippen LogP contribution in [0.15, 0.2) is 54.6 Å². The second kappa shape index (κ2) is 8.48. The van der Waals surface area contributed by atoms with Crippen molar-refractivity contribution in [3.8, 4) is 0 Å². The molecule has 0 saturated heterocycles. The first-order valence-electron chi connectivity index (χ1n) is 9.90. The molecule has 0 heterocycles. The van der Waals surface area contributed by atoms with Crippen molar-refractivity contribution in [3.05, 3.63) is 76.9 Å². The number of anilines is 1. The standard InChI is InChI=1S/C24H28N2O3S/c1-16-13-18(3)22(14-17(16)2)19(4)25-24(27)15-26(30(5,28)29)23-12-8-10-20-9-6-7-11-21(20)23/h6-14,19H,15H2,1-5H3,(H,25,27)/t19-/m0/s1. The molecule has 0 saturated carbocycles. The van der Waals surface area contributed by atoms with E-state index < -0.39 is 10.0 Å². The Morgan fingerprint density at radius 3 is 2.30 bits per heavy atom. The fourth-order valence-electron chi connectivity index (χ4n) is 3.75. The molecule has 0 aliphatic heterocycles. The topological polar surface area (TPSA) is 66.5 Å². The van der Waals surface area contributed by atoms with Crippen LogP contribution in [0.4, 0.5) is 5.69 Å². The molecular formula is C24H28N2O3S. The largest absolute Gasteiger partial charge is 0.348 e. The Hall–Kier alpha value is -2.86. The molecule has 1 N–H and O–H groups in total. The molecule has 0 spiro atoms. The minimum atomic E-state index is -3.65. The highest BCUT2D eigenvalue weighted by molar-refractivity contribution is 7.92. The Balaban J connectivity index is 1.88. The van der Waals surface area contributed by atoms with Crippen molar-refractivity contribution in [3.63, 3.8) is 0 Å². The fourth-order valence-corrected chi connectivity index (χ4v) is 4.62. The first-order chi connectivity index (χ1) is 14.1. The van der Waals surface area contributed by atoms with Crippen LogP contribution in [0.2, 0.25) is 0 Å². The second-order valence-corrected chi connectivity index (χ2v) is 9.76. The average Bonchev–Trinajstić information content (AvgIpc) is 2.67. The van der Waals surface area contributed by atoms with E-state index in [-0.39, 0.29) is 18.5 Å². The van der Waals surface area contributed by atoms with E-state index in [1.165, 1.54) is 9.87 Å². The number of amides is 1. The number of hydrogen-bond acceptors (Lipinski definition) is 3. The number of carbonyl (C=O) groups is 1. The summed E-state index contributed by atoms with van der Waals surface area (Å²) in [6.07, 6.45) is 1.12. The first kappa shape index (κ1) is 21.8. The van der Waals surface area contributed by atoms with Gasteiger partial charge in [0, 0.05) is 5.39 Å². The number of rotatable bonds is 6. The Kier molecular flexibility index (Phi) is 6.17. The highest BCUT2D eigenvalue weighted by Crippen LogP contribution is 2.28. The van der Waals surface area contributed by atoms with E-state index in [0.717, 1.165) is 33.7 Å². The van der Waals surface area contributed by atoms with Crippen LogP contribution in [0, 0.1) is 20.8 Å². The average molecular weight is 425 g/mol. The van der Waals surface area contributed by atoms with Crippen LogP contribution in [0.1, 0.15) is 35.2 Å². The van der Waals surface area contributed by atoms with Gasteiger partial charge in [0.2, 0.25) is 15.9 Å². The number of carbonyl (C=O) groups excluding carboxylic acids is 1. The van der Waals surface area contributed by atoms with Crippen molar-refractivity contribution in [1.82, 2.24) is 5.32 Å². The summed E-state index contributed by atoms with van der Waals surface area (Å²) in [7, 11) is -3.65. The van der Waals surface area contributed by atoms with Gasteiger partial charge in [0.15, 0.2) is 0 Å². The lowest BCUT2D eigenvalue weighted by atomic mass is 9.96. The molecular weight excluding hydrogens is 396 g/mol. The molecule has 0 aliphatic rings. The molecule has 3 aromatic carbocycles. The van der Waals surface area contributed by atoms with Crippen LogP contribution in [0.3, 0.4) is 0 Å². The summed E-state index contributed by atoms with van der Waals surface area (Å²) in [5.41, 5.74) is 4.99. The van der Waals surface area contributed by atoms with E-state index in [9.17, 15) is 13.2 Å². The van der Waals surface area contributed by atoms with Gasteiger partial charge in [-0.3, -0.25) is 9.10 Å². The van der Waals surface area contributed by atoms with Crippen LogP contribution in [0.5, 0.6) is 0 Å². The molecule has 0 fully saturated rings. The van der Waals surface area contributed by atoms with Gasteiger partial charge in [0.1, 0.15) is 6.54 Å². The van der Waals surface area contributed by atoms with Crippen molar-refractivity contribution in [2.45, 2.75) is 33.7 Å².